The number of anilines is 1. The van der Waals surface area contributed by atoms with Crippen molar-refractivity contribution in [2.24, 2.45) is 5.92 Å². The first-order chi connectivity index (χ1) is 12.8. The lowest BCUT2D eigenvalue weighted by molar-refractivity contribution is -0.141. The second kappa shape index (κ2) is 6.72. The number of fused-ring (bicyclic) bond motifs is 1. The zero-order chi connectivity index (χ0) is 19.2. The topological polar surface area (TPSA) is 66.0 Å². The number of aryl methyl sites for hydroxylation is 2. The van der Waals surface area contributed by atoms with E-state index in [1.54, 1.807) is 25.4 Å². The van der Waals surface area contributed by atoms with Gasteiger partial charge in [-0.25, -0.2) is 15.4 Å². The first kappa shape index (κ1) is 18.1. The summed E-state index contributed by atoms with van der Waals surface area (Å²) in [6, 6.07) is 2.75. The Morgan fingerprint density at radius 2 is 1.85 bits per heavy atom. The molecule has 9 heteroatoms. The van der Waals surface area contributed by atoms with Crippen molar-refractivity contribution in [2.45, 2.75) is 38.5 Å². The normalized spacial score (nSPS) is 25.5. The summed E-state index contributed by atoms with van der Waals surface area (Å²) in [6.45, 7) is 5.16. The molecule has 0 spiro atoms. The van der Waals surface area contributed by atoms with Gasteiger partial charge in [0.2, 0.25) is 0 Å². The molecule has 2 aromatic rings. The van der Waals surface area contributed by atoms with Crippen LogP contribution in [0.15, 0.2) is 24.5 Å². The average Bonchev–Trinajstić information content (AvgIpc) is 3.04. The third-order valence-corrected chi connectivity index (χ3v) is 5.42. The molecule has 2 fully saturated rings. The van der Waals surface area contributed by atoms with Crippen molar-refractivity contribution in [2.75, 3.05) is 18.0 Å². The van der Waals surface area contributed by atoms with E-state index >= 15 is 0 Å². The fourth-order valence-corrected chi connectivity index (χ4v) is 4.07. The number of nitrogens with zero attached hydrogens (tertiary/aromatic N) is 4. The lowest BCUT2D eigenvalue weighted by atomic mass is 9.84. The van der Waals surface area contributed by atoms with E-state index in [-0.39, 0.29) is 18.0 Å². The number of nitrogens with one attached hydrogen (secondary N) is 2. The summed E-state index contributed by atoms with van der Waals surface area (Å²) in [7, 11) is 0. The quantitative estimate of drug-likeness (QED) is 0.837. The second-order valence-corrected chi connectivity index (χ2v) is 7.11. The van der Waals surface area contributed by atoms with Gasteiger partial charge in [0.1, 0.15) is 11.5 Å². The molecule has 0 saturated carbocycles. The Labute approximate surface area is 155 Å². The number of halogens is 3. The summed E-state index contributed by atoms with van der Waals surface area (Å²) in [4.78, 5) is 14.8. The Morgan fingerprint density at radius 3 is 2.56 bits per heavy atom. The highest BCUT2D eigenvalue weighted by Crippen LogP contribution is 2.37. The van der Waals surface area contributed by atoms with Gasteiger partial charge in [0.25, 0.3) is 0 Å². The minimum absolute atomic E-state index is 0.107. The fourth-order valence-electron chi connectivity index (χ4n) is 4.07. The molecular formula is C18H21F3N6. The van der Waals surface area contributed by atoms with Crippen LogP contribution in [0.2, 0.25) is 0 Å². The third-order valence-electron chi connectivity index (χ3n) is 5.42. The molecule has 2 aliphatic rings. The van der Waals surface area contributed by atoms with Crippen molar-refractivity contribution in [3.05, 3.63) is 47.2 Å². The summed E-state index contributed by atoms with van der Waals surface area (Å²) in [6.07, 6.45) is -0.166. The Hall–Kier alpha value is -2.26. The number of pyridine rings is 1. The molecule has 0 bridgehead atoms. The smallest absolute Gasteiger partial charge is 0.355 e. The zero-order valence-corrected chi connectivity index (χ0v) is 15.1. The van der Waals surface area contributed by atoms with Crippen LogP contribution in [0.3, 0.4) is 0 Å². The van der Waals surface area contributed by atoms with Crippen molar-refractivity contribution >= 4 is 5.82 Å². The number of rotatable bonds is 2. The maximum atomic E-state index is 12.9. The van der Waals surface area contributed by atoms with Gasteiger partial charge in [-0.1, -0.05) is 6.07 Å². The standard InChI is InChI=1S/C18H21F3N6/c1-10-12(3-4-15(24-10)18(19,20)21)16-13-9-27(8-5-14(13)25-26-16)17-11(2)22-6-7-23-17/h3-4,6-7,13-14,16,25-26H,5,8-9H2,1-2H3. The van der Waals surface area contributed by atoms with Crippen LogP contribution in [-0.4, -0.2) is 34.1 Å². The molecule has 0 amide bonds. The molecule has 3 atom stereocenters. The SMILES string of the molecule is Cc1nc(C(F)(F)F)ccc1C1NNC2CCN(c3nccnc3C)CC21. The molecule has 6 nitrogen and oxygen atoms in total. The molecule has 2 aliphatic heterocycles. The minimum atomic E-state index is -4.43. The predicted octanol–water partition coefficient (Wildman–Crippen LogP) is 2.55. The monoisotopic (exact) mass is 378 g/mol. The molecule has 2 aromatic heterocycles. The maximum Gasteiger partial charge on any atom is 0.433 e. The number of aromatic nitrogens is 3. The van der Waals surface area contributed by atoms with E-state index in [9.17, 15) is 13.2 Å². The molecule has 4 rings (SSSR count). The molecule has 0 radical (unpaired) electrons. The van der Waals surface area contributed by atoms with Gasteiger partial charge in [0.05, 0.1) is 11.7 Å². The van der Waals surface area contributed by atoms with Crippen LogP contribution in [0.5, 0.6) is 0 Å². The van der Waals surface area contributed by atoms with Crippen molar-refractivity contribution in [1.29, 1.82) is 0 Å². The Bertz CT molecular complexity index is 840. The van der Waals surface area contributed by atoms with Gasteiger partial charge in [0.15, 0.2) is 0 Å². The number of hydrogen-bond acceptors (Lipinski definition) is 6. The summed E-state index contributed by atoms with van der Waals surface area (Å²) in [5.74, 6) is 1.06. The Balaban J connectivity index is 1.59. The first-order valence-corrected chi connectivity index (χ1v) is 8.93. The van der Waals surface area contributed by atoms with Crippen LogP contribution in [0.1, 0.15) is 35.1 Å². The lowest BCUT2D eigenvalue weighted by Crippen LogP contribution is -2.46. The predicted molar refractivity (Wildman–Crippen MR) is 93.9 cm³/mol. The van der Waals surface area contributed by atoms with Gasteiger partial charge in [-0.05, 0) is 31.9 Å². The highest BCUT2D eigenvalue weighted by Gasteiger charge is 2.42. The van der Waals surface area contributed by atoms with Crippen LogP contribution in [0, 0.1) is 19.8 Å². The van der Waals surface area contributed by atoms with Gasteiger partial charge < -0.3 is 4.90 Å². The van der Waals surface area contributed by atoms with E-state index in [0.29, 0.717) is 5.69 Å². The van der Waals surface area contributed by atoms with Crippen LogP contribution >= 0.6 is 0 Å². The van der Waals surface area contributed by atoms with Crippen LogP contribution < -0.4 is 15.8 Å². The van der Waals surface area contributed by atoms with Crippen LogP contribution in [0.4, 0.5) is 19.0 Å². The molecule has 144 valence electrons. The van der Waals surface area contributed by atoms with Crippen molar-refractivity contribution in [1.82, 2.24) is 25.8 Å². The van der Waals surface area contributed by atoms with Crippen molar-refractivity contribution in [3.8, 4) is 0 Å². The molecule has 3 unspecified atom stereocenters. The number of hydrazine groups is 1. The first-order valence-electron chi connectivity index (χ1n) is 8.93. The molecular weight excluding hydrogens is 357 g/mol. The number of hydrogen-bond donors (Lipinski definition) is 2. The largest absolute Gasteiger partial charge is 0.433 e. The summed E-state index contributed by atoms with van der Waals surface area (Å²) < 4.78 is 38.7. The van der Waals surface area contributed by atoms with Gasteiger partial charge in [-0.15, -0.1) is 0 Å². The van der Waals surface area contributed by atoms with E-state index in [1.807, 2.05) is 6.92 Å². The molecule has 27 heavy (non-hydrogen) atoms. The Kier molecular flexibility index (Phi) is 4.51. The summed E-state index contributed by atoms with van der Waals surface area (Å²) >= 11 is 0. The van der Waals surface area contributed by atoms with Crippen LogP contribution in [-0.2, 0) is 6.18 Å². The fraction of sp³-hybridized carbons (Fsp3) is 0.500. The van der Waals surface area contributed by atoms with E-state index in [1.165, 1.54) is 0 Å². The number of piperidine rings is 1. The van der Waals surface area contributed by atoms with E-state index in [0.717, 1.165) is 42.7 Å². The lowest BCUT2D eigenvalue weighted by Gasteiger charge is -2.37. The molecule has 4 heterocycles. The molecule has 2 N–H and O–H groups in total. The minimum Gasteiger partial charge on any atom is -0.355 e. The second-order valence-electron chi connectivity index (χ2n) is 7.11. The van der Waals surface area contributed by atoms with Gasteiger partial charge >= 0.3 is 6.18 Å². The van der Waals surface area contributed by atoms with E-state index < -0.39 is 11.9 Å². The maximum absolute atomic E-state index is 12.9. The van der Waals surface area contributed by atoms with Gasteiger partial charge in [-0.3, -0.25) is 10.4 Å². The van der Waals surface area contributed by atoms with E-state index in [4.69, 9.17) is 0 Å². The molecule has 0 aromatic carbocycles. The Morgan fingerprint density at radius 1 is 1.07 bits per heavy atom. The van der Waals surface area contributed by atoms with Crippen LogP contribution in [0.25, 0.3) is 0 Å². The molecule has 0 aliphatic carbocycles. The third kappa shape index (κ3) is 3.37. The van der Waals surface area contributed by atoms with Crippen molar-refractivity contribution < 1.29 is 13.2 Å². The number of alkyl halides is 3. The van der Waals surface area contributed by atoms with Gasteiger partial charge in [-0.2, -0.15) is 13.2 Å². The van der Waals surface area contributed by atoms with E-state index in [2.05, 4.69) is 30.7 Å². The van der Waals surface area contributed by atoms with Crippen molar-refractivity contribution in [3.63, 3.8) is 0 Å². The average molecular weight is 378 g/mol. The molecule has 2 saturated heterocycles. The highest BCUT2D eigenvalue weighted by molar-refractivity contribution is 5.43. The summed E-state index contributed by atoms with van der Waals surface area (Å²) in [5, 5.41) is 0. The summed E-state index contributed by atoms with van der Waals surface area (Å²) in [5.41, 5.74) is 7.78. The zero-order valence-electron chi connectivity index (χ0n) is 15.1. The van der Waals surface area contributed by atoms with Gasteiger partial charge in [0, 0.05) is 43.1 Å². The highest BCUT2D eigenvalue weighted by atomic mass is 19.4.